The first-order chi connectivity index (χ1) is 10.6. The van der Waals surface area contributed by atoms with Crippen molar-refractivity contribution in [2.75, 3.05) is 6.54 Å². The highest BCUT2D eigenvalue weighted by Gasteiger charge is 2.15. The van der Waals surface area contributed by atoms with E-state index in [1.54, 1.807) is 6.07 Å². The van der Waals surface area contributed by atoms with E-state index < -0.39 is 5.91 Å². The summed E-state index contributed by atoms with van der Waals surface area (Å²) in [6.45, 7) is 2.11. The minimum Gasteiger partial charge on any atom is -0.459 e. The number of rotatable bonds is 5. The van der Waals surface area contributed by atoms with E-state index in [0.717, 1.165) is 5.56 Å². The Morgan fingerprint density at radius 2 is 2.00 bits per heavy atom. The van der Waals surface area contributed by atoms with Gasteiger partial charge in [-0.15, -0.1) is 0 Å². The molecule has 0 unspecified atom stereocenters. The molecular formula is C15H17ClN3O3+. The fraction of sp³-hybridized carbons (Fsp3) is 0.200. The molecule has 22 heavy (non-hydrogen) atoms. The molecule has 0 spiro atoms. The topological polar surface area (TPSA) is 88.0 Å². The predicted molar refractivity (Wildman–Crippen MR) is 81.0 cm³/mol. The van der Waals surface area contributed by atoms with Crippen molar-refractivity contribution in [2.24, 2.45) is 0 Å². The molecule has 1 aromatic heterocycles. The van der Waals surface area contributed by atoms with E-state index in [-0.39, 0.29) is 24.3 Å². The van der Waals surface area contributed by atoms with Gasteiger partial charge < -0.3 is 9.73 Å². The van der Waals surface area contributed by atoms with Crippen LogP contribution in [0.2, 0.25) is 5.02 Å². The van der Waals surface area contributed by atoms with E-state index in [1.165, 1.54) is 12.3 Å². The number of hydrazine groups is 1. The minimum absolute atomic E-state index is 0.0280. The zero-order chi connectivity index (χ0) is 15.9. The molecule has 4 N–H and O–H groups in total. The first-order valence-corrected chi connectivity index (χ1v) is 7.16. The molecule has 1 heterocycles. The van der Waals surface area contributed by atoms with Crippen LogP contribution in [0, 0.1) is 0 Å². The third-order valence-electron chi connectivity index (χ3n) is 3.11. The van der Waals surface area contributed by atoms with Crippen LogP contribution in [-0.2, 0) is 4.79 Å². The molecule has 0 saturated heterocycles. The lowest BCUT2D eigenvalue weighted by molar-refractivity contribution is -0.682. The normalized spacial score (nSPS) is 11.7. The van der Waals surface area contributed by atoms with Crippen LogP contribution in [0.3, 0.4) is 0 Å². The van der Waals surface area contributed by atoms with E-state index in [4.69, 9.17) is 16.0 Å². The second-order valence-corrected chi connectivity index (χ2v) is 5.14. The van der Waals surface area contributed by atoms with E-state index in [1.807, 2.05) is 36.5 Å². The summed E-state index contributed by atoms with van der Waals surface area (Å²) in [4.78, 5) is 23.3. The summed E-state index contributed by atoms with van der Waals surface area (Å²) in [7, 11) is 0. The first-order valence-electron chi connectivity index (χ1n) is 6.78. The zero-order valence-electron chi connectivity index (χ0n) is 12.0. The molecule has 0 aliphatic carbocycles. The van der Waals surface area contributed by atoms with Gasteiger partial charge in [-0.1, -0.05) is 29.8 Å². The van der Waals surface area contributed by atoms with Crippen molar-refractivity contribution in [2.45, 2.75) is 13.0 Å². The second kappa shape index (κ2) is 7.63. The number of nitrogens with one attached hydrogen (secondary N) is 2. The van der Waals surface area contributed by atoms with Gasteiger partial charge in [-0.25, -0.2) is 0 Å². The predicted octanol–water partition coefficient (Wildman–Crippen LogP) is 1.02. The maximum absolute atomic E-state index is 11.7. The van der Waals surface area contributed by atoms with Gasteiger partial charge in [-0.2, -0.15) is 0 Å². The average molecular weight is 323 g/mol. The van der Waals surface area contributed by atoms with Gasteiger partial charge in [0.1, 0.15) is 6.04 Å². The molecule has 1 aromatic carbocycles. The number of benzene rings is 1. The van der Waals surface area contributed by atoms with Crippen molar-refractivity contribution in [1.29, 1.82) is 0 Å². The summed E-state index contributed by atoms with van der Waals surface area (Å²) in [6, 6.07) is 10.6. The van der Waals surface area contributed by atoms with E-state index in [2.05, 4.69) is 10.9 Å². The van der Waals surface area contributed by atoms with Crippen LogP contribution in [0.4, 0.5) is 0 Å². The molecule has 6 nitrogen and oxygen atoms in total. The van der Waals surface area contributed by atoms with Crippen LogP contribution < -0.4 is 16.2 Å². The summed E-state index contributed by atoms with van der Waals surface area (Å²) >= 11 is 6.11. The number of carbonyl (C=O) groups is 2. The van der Waals surface area contributed by atoms with Crippen molar-refractivity contribution in [1.82, 2.24) is 10.9 Å². The number of hydrogen-bond acceptors (Lipinski definition) is 3. The van der Waals surface area contributed by atoms with Gasteiger partial charge >= 0.3 is 5.91 Å². The fourth-order valence-electron chi connectivity index (χ4n) is 1.90. The fourth-order valence-corrected chi connectivity index (χ4v) is 2.21. The smallest absolute Gasteiger partial charge is 0.305 e. The molecule has 0 saturated carbocycles. The Labute approximate surface area is 132 Å². The molecule has 1 atom stereocenters. The second-order valence-electron chi connectivity index (χ2n) is 4.73. The third-order valence-corrected chi connectivity index (χ3v) is 3.46. The largest absolute Gasteiger partial charge is 0.459 e. The average Bonchev–Trinajstić information content (AvgIpc) is 3.05. The van der Waals surface area contributed by atoms with Crippen molar-refractivity contribution in [3.8, 4) is 0 Å². The molecule has 0 fully saturated rings. The van der Waals surface area contributed by atoms with Gasteiger partial charge in [0.25, 0.3) is 5.91 Å². The molecule has 0 bridgehead atoms. The van der Waals surface area contributed by atoms with E-state index >= 15 is 0 Å². The number of nitrogens with two attached hydrogens (primary N) is 1. The van der Waals surface area contributed by atoms with Crippen molar-refractivity contribution in [3.05, 3.63) is 59.0 Å². The van der Waals surface area contributed by atoms with Crippen LogP contribution in [0.1, 0.15) is 29.1 Å². The van der Waals surface area contributed by atoms with E-state index in [0.29, 0.717) is 5.02 Å². The van der Waals surface area contributed by atoms with E-state index in [9.17, 15) is 9.59 Å². The molecule has 0 aliphatic rings. The molecule has 2 aromatic rings. The number of furan rings is 1. The highest BCUT2D eigenvalue weighted by atomic mass is 35.5. The van der Waals surface area contributed by atoms with Crippen LogP contribution >= 0.6 is 11.6 Å². The summed E-state index contributed by atoms with van der Waals surface area (Å²) in [5, 5.41) is 2.49. The quantitative estimate of drug-likeness (QED) is 0.718. The Bertz CT molecular complexity index is 643. The summed E-state index contributed by atoms with van der Waals surface area (Å²) in [6.07, 6.45) is 1.38. The number of amides is 2. The molecule has 7 heteroatoms. The lowest BCUT2D eigenvalue weighted by atomic mass is 10.1. The minimum atomic E-state index is -0.502. The molecule has 116 valence electrons. The van der Waals surface area contributed by atoms with Crippen molar-refractivity contribution >= 4 is 23.4 Å². The van der Waals surface area contributed by atoms with Gasteiger partial charge in [-0.3, -0.25) is 20.4 Å². The Morgan fingerprint density at radius 1 is 1.23 bits per heavy atom. The monoisotopic (exact) mass is 322 g/mol. The molecule has 0 aliphatic heterocycles. The van der Waals surface area contributed by atoms with Gasteiger partial charge in [0, 0.05) is 10.6 Å². The van der Waals surface area contributed by atoms with Crippen LogP contribution in [0.25, 0.3) is 0 Å². The highest BCUT2D eigenvalue weighted by molar-refractivity contribution is 6.31. The van der Waals surface area contributed by atoms with Crippen molar-refractivity contribution in [3.63, 3.8) is 0 Å². The lowest BCUT2D eigenvalue weighted by Gasteiger charge is -2.12. The standard InChI is InChI=1S/C15H16ClN3O3/c1-10(11-5-2-3-6-12(11)16)17-9-14(20)18-19-15(21)13-7-4-8-22-13/h2-8,10,17H,9H2,1H3,(H,18,20)(H,19,21)/p+1/t10-/m1/s1. The Kier molecular flexibility index (Phi) is 5.57. The zero-order valence-corrected chi connectivity index (χ0v) is 12.8. The molecule has 2 amide bonds. The number of hydrogen-bond donors (Lipinski definition) is 3. The number of quaternary nitrogens is 1. The van der Waals surface area contributed by atoms with Crippen LogP contribution in [-0.4, -0.2) is 18.4 Å². The lowest BCUT2D eigenvalue weighted by Crippen LogP contribution is -2.87. The van der Waals surface area contributed by atoms with Crippen LogP contribution in [0.5, 0.6) is 0 Å². The first kappa shape index (κ1) is 16.1. The summed E-state index contributed by atoms with van der Waals surface area (Å²) < 4.78 is 4.91. The molecule has 2 rings (SSSR count). The number of carbonyl (C=O) groups excluding carboxylic acids is 2. The van der Waals surface area contributed by atoms with Gasteiger partial charge in [0.2, 0.25) is 0 Å². The number of halogens is 1. The summed E-state index contributed by atoms with van der Waals surface area (Å²) in [5.41, 5.74) is 5.57. The summed E-state index contributed by atoms with van der Waals surface area (Å²) in [5.74, 6) is -0.690. The highest BCUT2D eigenvalue weighted by Crippen LogP contribution is 2.19. The Balaban J connectivity index is 1.76. The van der Waals surface area contributed by atoms with Gasteiger partial charge in [0.05, 0.1) is 6.26 Å². The van der Waals surface area contributed by atoms with Gasteiger partial charge in [-0.05, 0) is 25.1 Å². The third kappa shape index (κ3) is 4.34. The Hall–Kier alpha value is -2.31. The maximum atomic E-state index is 11.7. The van der Waals surface area contributed by atoms with Crippen LogP contribution in [0.15, 0.2) is 47.1 Å². The SMILES string of the molecule is C[C@@H]([NH2+]CC(=O)NNC(=O)c1ccco1)c1ccccc1Cl. The molecular weight excluding hydrogens is 306 g/mol. The Morgan fingerprint density at radius 3 is 2.68 bits per heavy atom. The van der Waals surface area contributed by atoms with Crippen molar-refractivity contribution < 1.29 is 19.3 Å². The maximum Gasteiger partial charge on any atom is 0.305 e. The van der Waals surface area contributed by atoms with Gasteiger partial charge in [0.15, 0.2) is 12.3 Å². The molecule has 0 radical (unpaired) electrons.